The number of halogens is 1. The summed E-state index contributed by atoms with van der Waals surface area (Å²) in [5.74, 6) is -0.277. The van der Waals surface area contributed by atoms with Gasteiger partial charge in [0.2, 0.25) is 11.7 Å². The van der Waals surface area contributed by atoms with Crippen molar-refractivity contribution in [3.63, 3.8) is 0 Å². The number of rotatable bonds is 10. The predicted octanol–water partition coefficient (Wildman–Crippen LogP) is 1.47. The van der Waals surface area contributed by atoms with Crippen LogP contribution in [0.5, 0.6) is 5.88 Å². The minimum atomic E-state index is -0.643. The molecule has 3 aromatic heterocycles. The number of nitrogens with two attached hydrogens (primary N) is 1. The molecule has 0 spiro atoms. The third kappa shape index (κ3) is 5.22. The molecule has 0 aliphatic heterocycles. The number of nitrogens with one attached hydrogen (secondary N) is 1. The summed E-state index contributed by atoms with van der Waals surface area (Å²) in [4.78, 5) is 28.1. The van der Waals surface area contributed by atoms with Crippen molar-refractivity contribution in [3.8, 4) is 5.88 Å². The van der Waals surface area contributed by atoms with E-state index < -0.39 is 12.6 Å². The van der Waals surface area contributed by atoms with Crippen molar-refractivity contribution >= 4 is 33.8 Å². The molecule has 3 heterocycles. The lowest BCUT2D eigenvalue weighted by atomic mass is 10.2. The van der Waals surface area contributed by atoms with Gasteiger partial charge in [-0.1, -0.05) is 18.2 Å². The van der Waals surface area contributed by atoms with Crippen LogP contribution in [0.3, 0.4) is 0 Å². The summed E-state index contributed by atoms with van der Waals surface area (Å²) >= 11 is 0. The zero-order valence-corrected chi connectivity index (χ0v) is 18.8. The Morgan fingerprint density at radius 2 is 1.97 bits per heavy atom. The molecular formula is C23H22FN7O4. The van der Waals surface area contributed by atoms with Crippen molar-refractivity contribution in [3.05, 3.63) is 65.8 Å². The standard InChI is InChI=1S/C23H22FN7O4/c1-34-13-16(32)10-19(25)21-29-28-20-17-4-2-3-5-18(17)23(30-31(20)21)35-12-15-7-6-14(11-27-15)22(33)26-9-8-24/h2-7,10-11H,8-9,12-13,25H2,1H3,(H,26,33). The quantitative estimate of drug-likeness (QED) is 0.323. The summed E-state index contributed by atoms with van der Waals surface area (Å²) < 4.78 is 24.4. The molecule has 1 aromatic carbocycles. The zero-order chi connectivity index (χ0) is 24.8. The highest BCUT2D eigenvalue weighted by atomic mass is 19.1. The number of carbonyl (C=O) groups excluding carboxylic acids is 2. The normalized spacial score (nSPS) is 11.7. The Morgan fingerprint density at radius 1 is 1.17 bits per heavy atom. The molecule has 0 aliphatic rings. The van der Waals surface area contributed by atoms with Crippen LogP contribution in [-0.2, 0) is 16.1 Å². The van der Waals surface area contributed by atoms with Crippen molar-refractivity contribution in [1.82, 2.24) is 30.1 Å². The molecule has 0 radical (unpaired) electrons. The van der Waals surface area contributed by atoms with E-state index in [4.69, 9.17) is 15.2 Å². The maximum atomic E-state index is 12.2. The second kappa shape index (κ2) is 10.7. The molecule has 0 atom stereocenters. The molecule has 4 aromatic rings. The van der Waals surface area contributed by atoms with Gasteiger partial charge >= 0.3 is 0 Å². The number of alkyl halides is 1. The minimum Gasteiger partial charge on any atom is -0.470 e. The van der Waals surface area contributed by atoms with E-state index in [1.165, 1.54) is 23.9 Å². The molecule has 0 saturated carbocycles. The average Bonchev–Trinajstić information content (AvgIpc) is 3.30. The second-order valence-electron chi connectivity index (χ2n) is 7.38. The number of ketones is 1. The molecule has 1 amide bonds. The Morgan fingerprint density at radius 3 is 2.69 bits per heavy atom. The molecule has 0 unspecified atom stereocenters. The molecule has 0 bridgehead atoms. The number of fused-ring (bicyclic) bond motifs is 3. The monoisotopic (exact) mass is 479 g/mol. The summed E-state index contributed by atoms with van der Waals surface area (Å²) in [6.07, 6.45) is 2.61. The molecule has 11 nitrogen and oxygen atoms in total. The molecular weight excluding hydrogens is 457 g/mol. The highest BCUT2D eigenvalue weighted by Gasteiger charge is 2.17. The van der Waals surface area contributed by atoms with Crippen LogP contribution >= 0.6 is 0 Å². The molecule has 35 heavy (non-hydrogen) atoms. The van der Waals surface area contributed by atoms with E-state index in [1.54, 1.807) is 12.1 Å². The van der Waals surface area contributed by atoms with Gasteiger partial charge in [0.05, 0.1) is 17.0 Å². The third-order valence-corrected chi connectivity index (χ3v) is 4.91. The van der Waals surface area contributed by atoms with Crippen LogP contribution in [-0.4, -0.2) is 63.4 Å². The Balaban J connectivity index is 1.63. The molecule has 0 aliphatic carbocycles. The molecule has 4 rings (SSSR count). The van der Waals surface area contributed by atoms with Crippen LogP contribution < -0.4 is 15.8 Å². The number of nitrogens with zero attached hydrogens (tertiary/aromatic N) is 5. The largest absolute Gasteiger partial charge is 0.470 e. The van der Waals surface area contributed by atoms with Crippen molar-refractivity contribution in [2.24, 2.45) is 5.73 Å². The Bertz CT molecular complexity index is 1400. The Hall–Kier alpha value is -4.45. The van der Waals surface area contributed by atoms with Gasteiger partial charge in [0.25, 0.3) is 5.91 Å². The number of benzene rings is 1. The zero-order valence-electron chi connectivity index (χ0n) is 18.8. The van der Waals surface area contributed by atoms with E-state index in [-0.39, 0.29) is 42.9 Å². The summed E-state index contributed by atoms with van der Waals surface area (Å²) in [5.41, 5.74) is 7.47. The van der Waals surface area contributed by atoms with E-state index in [2.05, 4.69) is 25.6 Å². The fourth-order valence-electron chi connectivity index (χ4n) is 3.31. The van der Waals surface area contributed by atoms with E-state index in [0.717, 1.165) is 5.39 Å². The number of carbonyl (C=O) groups is 2. The van der Waals surface area contributed by atoms with Gasteiger partial charge in [0.1, 0.15) is 19.9 Å². The summed E-state index contributed by atoms with van der Waals surface area (Å²) in [6, 6.07) is 10.6. The van der Waals surface area contributed by atoms with Gasteiger partial charge in [0.15, 0.2) is 11.4 Å². The van der Waals surface area contributed by atoms with Crippen LogP contribution in [0.4, 0.5) is 4.39 Å². The number of hydrogen-bond acceptors (Lipinski definition) is 9. The van der Waals surface area contributed by atoms with Crippen LogP contribution in [0, 0.1) is 0 Å². The predicted molar refractivity (Wildman–Crippen MR) is 124 cm³/mol. The van der Waals surface area contributed by atoms with Gasteiger partial charge < -0.3 is 20.5 Å². The minimum absolute atomic E-state index is 0.0593. The average molecular weight is 479 g/mol. The maximum absolute atomic E-state index is 12.2. The summed E-state index contributed by atoms with van der Waals surface area (Å²) in [5, 5.41) is 16.7. The molecule has 12 heteroatoms. The lowest BCUT2D eigenvalue weighted by molar-refractivity contribution is -0.117. The first kappa shape index (κ1) is 23.7. The number of ether oxygens (including phenoxy) is 2. The van der Waals surface area contributed by atoms with Crippen LogP contribution in [0.15, 0.2) is 48.7 Å². The Kier molecular flexibility index (Phi) is 7.21. The highest BCUT2D eigenvalue weighted by molar-refractivity contribution is 5.98. The topological polar surface area (TPSA) is 147 Å². The molecule has 0 saturated heterocycles. The van der Waals surface area contributed by atoms with Gasteiger partial charge in [-0.25, -0.2) is 4.39 Å². The Labute approximate surface area is 198 Å². The second-order valence-corrected chi connectivity index (χ2v) is 7.38. The summed E-state index contributed by atoms with van der Waals surface area (Å²) in [6.45, 7) is -0.763. The summed E-state index contributed by atoms with van der Waals surface area (Å²) in [7, 11) is 1.41. The lowest BCUT2D eigenvalue weighted by Gasteiger charge is -2.10. The molecule has 3 N–H and O–H groups in total. The first-order valence-corrected chi connectivity index (χ1v) is 10.6. The van der Waals surface area contributed by atoms with Gasteiger partial charge in [-0.3, -0.25) is 14.6 Å². The van der Waals surface area contributed by atoms with E-state index in [0.29, 0.717) is 22.3 Å². The van der Waals surface area contributed by atoms with Crippen molar-refractivity contribution in [2.75, 3.05) is 26.9 Å². The fourth-order valence-corrected chi connectivity index (χ4v) is 3.31. The number of hydrogen-bond donors (Lipinski definition) is 2. The van der Waals surface area contributed by atoms with E-state index in [9.17, 15) is 14.0 Å². The van der Waals surface area contributed by atoms with Crippen molar-refractivity contribution in [2.45, 2.75) is 6.61 Å². The van der Waals surface area contributed by atoms with Gasteiger partial charge in [-0.2, -0.15) is 4.52 Å². The van der Waals surface area contributed by atoms with Crippen LogP contribution in [0.1, 0.15) is 21.9 Å². The number of pyridine rings is 1. The van der Waals surface area contributed by atoms with Gasteiger partial charge in [-0.15, -0.1) is 15.3 Å². The first-order valence-electron chi connectivity index (χ1n) is 10.6. The van der Waals surface area contributed by atoms with Gasteiger partial charge in [0, 0.05) is 36.7 Å². The highest BCUT2D eigenvalue weighted by Crippen LogP contribution is 2.27. The van der Waals surface area contributed by atoms with Crippen molar-refractivity contribution < 1.29 is 23.5 Å². The fraction of sp³-hybridized carbons (Fsp3) is 0.217. The van der Waals surface area contributed by atoms with Crippen LogP contribution in [0.25, 0.3) is 22.1 Å². The maximum Gasteiger partial charge on any atom is 0.252 e. The molecule has 180 valence electrons. The van der Waals surface area contributed by atoms with E-state index in [1.807, 2.05) is 24.3 Å². The van der Waals surface area contributed by atoms with Gasteiger partial charge in [-0.05, 0) is 18.2 Å². The van der Waals surface area contributed by atoms with Crippen LogP contribution in [0.2, 0.25) is 0 Å². The number of methoxy groups -OCH3 is 1. The number of aromatic nitrogens is 5. The third-order valence-electron chi connectivity index (χ3n) is 4.91. The van der Waals surface area contributed by atoms with Crippen molar-refractivity contribution in [1.29, 1.82) is 0 Å². The smallest absolute Gasteiger partial charge is 0.252 e. The molecule has 0 fully saturated rings. The number of amides is 1. The van der Waals surface area contributed by atoms with E-state index >= 15 is 0 Å². The first-order chi connectivity index (χ1) is 17.0. The SMILES string of the molecule is COCC(=O)C=C(N)c1nnc2c3ccccc3c(OCc3ccc(C(=O)NCCF)cn3)nn12. The lowest BCUT2D eigenvalue weighted by Crippen LogP contribution is -2.25.